The molecule has 0 aliphatic rings. The number of aliphatic hydroxyl groups excluding tert-OH is 1. The lowest BCUT2D eigenvalue weighted by molar-refractivity contribution is 0.196. The second kappa shape index (κ2) is 9.41. The van der Waals surface area contributed by atoms with E-state index in [2.05, 4.69) is 37.6 Å². The smallest absolute Gasteiger partial charge is 0.120 e. The highest BCUT2D eigenvalue weighted by molar-refractivity contribution is 5.39. The zero-order valence-electron chi connectivity index (χ0n) is 12.7. The maximum Gasteiger partial charge on any atom is 0.120 e. The van der Waals surface area contributed by atoms with Gasteiger partial charge in [0.05, 0.1) is 6.61 Å². The molecule has 0 aromatic heterocycles. The lowest BCUT2D eigenvalue weighted by Crippen LogP contribution is -2.32. The first kappa shape index (κ1) is 16.6. The summed E-state index contributed by atoms with van der Waals surface area (Å²) in [6.45, 7) is 6.10. The average Bonchev–Trinajstić information content (AvgIpc) is 2.47. The van der Waals surface area contributed by atoms with Crippen molar-refractivity contribution < 1.29 is 9.84 Å². The number of ether oxygens (including phenoxy) is 1. The minimum absolute atomic E-state index is 0.102. The van der Waals surface area contributed by atoms with Crippen LogP contribution in [-0.2, 0) is 0 Å². The van der Waals surface area contributed by atoms with Gasteiger partial charge in [0.25, 0.3) is 0 Å². The molecular weight excluding hydrogens is 250 g/mol. The molecule has 1 N–H and O–H groups in total. The van der Waals surface area contributed by atoms with Gasteiger partial charge < -0.3 is 14.7 Å². The Bertz CT molecular complexity index is 448. The zero-order chi connectivity index (χ0) is 14.8. The summed E-state index contributed by atoms with van der Waals surface area (Å²) in [4.78, 5) is 2.30. The molecule has 1 atom stereocenters. The monoisotopic (exact) mass is 275 g/mol. The molecule has 1 aromatic rings. The van der Waals surface area contributed by atoms with Gasteiger partial charge in [-0.3, -0.25) is 0 Å². The fraction of sp³-hybridized carbons (Fsp3) is 0.529. The van der Waals surface area contributed by atoms with Crippen LogP contribution in [-0.4, -0.2) is 42.9 Å². The van der Waals surface area contributed by atoms with Crippen molar-refractivity contribution in [3.63, 3.8) is 0 Å². The minimum atomic E-state index is 0.102. The number of likely N-dealkylation sites (N-methyl/N-ethyl adjacent to an activating group) is 1. The summed E-state index contributed by atoms with van der Waals surface area (Å²) in [6.07, 6.45) is 1.65. The van der Waals surface area contributed by atoms with E-state index in [9.17, 15) is 0 Å². The first-order chi connectivity index (χ1) is 9.67. The van der Waals surface area contributed by atoms with Gasteiger partial charge in [0.1, 0.15) is 12.4 Å². The third kappa shape index (κ3) is 6.10. The van der Waals surface area contributed by atoms with Gasteiger partial charge in [-0.1, -0.05) is 24.8 Å². The molecule has 1 aromatic carbocycles. The predicted octanol–water partition coefficient (Wildman–Crippen LogP) is 2.53. The van der Waals surface area contributed by atoms with Crippen LogP contribution in [0.25, 0.3) is 0 Å². The number of benzene rings is 1. The van der Waals surface area contributed by atoms with Crippen LogP contribution in [0, 0.1) is 11.8 Å². The topological polar surface area (TPSA) is 32.7 Å². The van der Waals surface area contributed by atoms with Crippen molar-refractivity contribution >= 4 is 0 Å². The van der Waals surface area contributed by atoms with E-state index in [1.54, 1.807) is 0 Å². The van der Waals surface area contributed by atoms with E-state index in [1.165, 1.54) is 0 Å². The second-order valence-electron chi connectivity index (χ2n) is 4.89. The molecular formula is C17H25NO2. The van der Waals surface area contributed by atoms with Gasteiger partial charge in [0, 0.05) is 24.6 Å². The van der Waals surface area contributed by atoms with Crippen LogP contribution in [0.4, 0.5) is 0 Å². The third-order valence-corrected chi connectivity index (χ3v) is 3.36. The van der Waals surface area contributed by atoms with E-state index in [4.69, 9.17) is 9.84 Å². The fourth-order valence-corrected chi connectivity index (χ4v) is 1.72. The van der Waals surface area contributed by atoms with Crippen molar-refractivity contribution in [1.82, 2.24) is 4.90 Å². The van der Waals surface area contributed by atoms with Crippen molar-refractivity contribution in [3.8, 4) is 17.6 Å². The van der Waals surface area contributed by atoms with Crippen LogP contribution in [0.15, 0.2) is 24.3 Å². The van der Waals surface area contributed by atoms with Crippen LogP contribution < -0.4 is 4.74 Å². The van der Waals surface area contributed by atoms with Crippen LogP contribution >= 0.6 is 0 Å². The number of hydrogen-bond acceptors (Lipinski definition) is 3. The van der Waals surface area contributed by atoms with Crippen LogP contribution in [0.1, 0.15) is 32.3 Å². The molecule has 110 valence electrons. The molecule has 1 rings (SSSR count). The standard InChI is InChI=1S/C17H25NO2/c1-4-15(2)18(3)11-13-20-17-10-7-9-16(14-17)8-5-6-12-19/h7,9-10,14-15,19H,4,6,11-13H2,1-3H3. The number of nitrogens with zero attached hydrogens (tertiary/aromatic N) is 1. The van der Waals surface area contributed by atoms with Gasteiger partial charge in [0.2, 0.25) is 0 Å². The average molecular weight is 275 g/mol. The molecule has 3 nitrogen and oxygen atoms in total. The quantitative estimate of drug-likeness (QED) is 0.776. The van der Waals surface area contributed by atoms with Gasteiger partial charge in [-0.15, -0.1) is 0 Å². The van der Waals surface area contributed by atoms with E-state index >= 15 is 0 Å². The highest BCUT2D eigenvalue weighted by atomic mass is 16.5. The minimum Gasteiger partial charge on any atom is -0.492 e. The number of aliphatic hydroxyl groups is 1. The molecule has 3 heteroatoms. The van der Waals surface area contributed by atoms with Gasteiger partial charge >= 0.3 is 0 Å². The summed E-state index contributed by atoms with van der Waals surface area (Å²) < 4.78 is 5.76. The van der Waals surface area contributed by atoms with Crippen LogP contribution in [0.2, 0.25) is 0 Å². The van der Waals surface area contributed by atoms with Crippen molar-refractivity contribution in [3.05, 3.63) is 29.8 Å². The SMILES string of the molecule is CCC(C)N(C)CCOc1cccc(C#CCCO)c1. The Hall–Kier alpha value is -1.50. The molecule has 0 heterocycles. The normalized spacial score (nSPS) is 11.8. The molecule has 0 aliphatic heterocycles. The van der Waals surface area contributed by atoms with Crippen molar-refractivity contribution in [2.75, 3.05) is 26.8 Å². The summed E-state index contributed by atoms with van der Waals surface area (Å²) in [6, 6.07) is 8.35. The fourth-order valence-electron chi connectivity index (χ4n) is 1.72. The summed E-state index contributed by atoms with van der Waals surface area (Å²) in [5, 5.41) is 8.70. The van der Waals surface area contributed by atoms with Gasteiger partial charge in [-0.2, -0.15) is 0 Å². The van der Waals surface area contributed by atoms with Crippen molar-refractivity contribution in [1.29, 1.82) is 0 Å². The highest BCUT2D eigenvalue weighted by Gasteiger charge is 2.06. The van der Waals surface area contributed by atoms with Gasteiger partial charge in [-0.25, -0.2) is 0 Å². The van der Waals surface area contributed by atoms with Gasteiger partial charge in [-0.05, 0) is 38.6 Å². The molecule has 0 saturated carbocycles. The maximum absolute atomic E-state index is 8.70. The number of rotatable bonds is 7. The predicted molar refractivity (Wildman–Crippen MR) is 82.9 cm³/mol. The summed E-state index contributed by atoms with van der Waals surface area (Å²) in [7, 11) is 2.12. The maximum atomic E-state index is 8.70. The van der Waals surface area contributed by atoms with E-state index in [1.807, 2.05) is 24.3 Å². The molecule has 20 heavy (non-hydrogen) atoms. The van der Waals surface area contributed by atoms with E-state index in [0.29, 0.717) is 19.1 Å². The van der Waals surface area contributed by atoms with E-state index in [0.717, 1.165) is 24.3 Å². The lowest BCUT2D eigenvalue weighted by atomic mass is 10.2. The van der Waals surface area contributed by atoms with E-state index < -0.39 is 0 Å². The molecule has 0 saturated heterocycles. The first-order valence-electron chi connectivity index (χ1n) is 7.20. The van der Waals surface area contributed by atoms with Crippen molar-refractivity contribution in [2.24, 2.45) is 0 Å². The zero-order valence-corrected chi connectivity index (χ0v) is 12.7. The largest absolute Gasteiger partial charge is 0.492 e. The first-order valence-corrected chi connectivity index (χ1v) is 7.20. The van der Waals surface area contributed by atoms with Gasteiger partial charge in [0.15, 0.2) is 0 Å². The molecule has 0 amide bonds. The molecule has 0 spiro atoms. The Labute approximate surface area is 122 Å². The Balaban J connectivity index is 2.45. The molecule has 0 radical (unpaired) electrons. The van der Waals surface area contributed by atoms with E-state index in [-0.39, 0.29) is 6.61 Å². The Morgan fingerprint density at radius 1 is 1.40 bits per heavy atom. The Kier molecular flexibility index (Phi) is 7.79. The molecule has 0 fully saturated rings. The highest BCUT2D eigenvalue weighted by Crippen LogP contribution is 2.12. The number of hydrogen-bond donors (Lipinski definition) is 1. The Morgan fingerprint density at radius 3 is 2.90 bits per heavy atom. The second-order valence-corrected chi connectivity index (χ2v) is 4.89. The van der Waals surface area contributed by atoms with Crippen LogP contribution in [0.3, 0.4) is 0 Å². The Morgan fingerprint density at radius 2 is 2.20 bits per heavy atom. The molecule has 0 aliphatic carbocycles. The summed E-state index contributed by atoms with van der Waals surface area (Å²) in [5.74, 6) is 6.77. The summed E-state index contributed by atoms with van der Waals surface area (Å²) >= 11 is 0. The third-order valence-electron chi connectivity index (χ3n) is 3.36. The lowest BCUT2D eigenvalue weighted by Gasteiger charge is -2.23. The van der Waals surface area contributed by atoms with Crippen molar-refractivity contribution in [2.45, 2.75) is 32.7 Å². The molecule has 1 unspecified atom stereocenters. The summed E-state index contributed by atoms with van der Waals surface area (Å²) in [5.41, 5.74) is 0.922. The molecule has 0 bridgehead atoms. The van der Waals surface area contributed by atoms with Crippen LogP contribution in [0.5, 0.6) is 5.75 Å².